The Morgan fingerprint density at radius 3 is 2.68 bits per heavy atom. The van der Waals surface area contributed by atoms with Crippen LogP contribution in [0.2, 0.25) is 5.02 Å². The first-order valence-electron chi connectivity index (χ1n) is 8.03. The van der Waals surface area contributed by atoms with Gasteiger partial charge in [-0.15, -0.1) is 11.3 Å². The second-order valence-electron chi connectivity index (χ2n) is 6.47. The van der Waals surface area contributed by atoms with Crippen LogP contribution in [-0.4, -0.2) is 60.1 Å². The topological polar surface area (TPSA) is 43.8 Å². The third kappa shape index (κ3) is 3.65. The number of amides is 1. The molecule has 0 unspecified atom stereocenters. The molecule has 4 nitrogen and oxygen atoms in total. The van der Waals surface area contributed by atoms with Crippen LogP contribution >= 0.6 is 22.9 Å². The van der Waals surface area contributed by atoms with E-state index in [9.17, 15) is 9.90 Å². The van der Waals surface area contributed by atoms with Gasteiger partial charge in [-0.05, 0) is 55.6 Å². The molecule has 3 heterocycles. The average molecular weight is 343 g/mol. The number of carbonyl (C=O) groups is 1. The minimum Gasteiger partial charge on any atom is -0.396 e. The summed E-state index contributed by atoms with van der Waals surface area (Å²) < 4.78 is 0. The van der Waals surface area contributed by atoms with Crippen molar-refractivity contribution in [1.29, 1.82) is 0 Å². The van der Waals surface area contributed by atoms with Gasteiger partial charge in [0.05, 0.1) is 5.02 Å². The number of nitrogens with zero attached hydrogens (tertiary/aromatic N) is 2. The van der Waals surface area contributed by atoms with E-state index in [1.165, 1.54) is 37.3 Å². The predicted octanol–water partition coefficient (Wildman–Crippen LogP) is 2.57. The number of carbonyl (C=O) groups excluding carboxylic acids is 1. The Balaban J connectivity index is 1.67. The summed E-state index contributed by atoms with van der Waals surface area (Å²) in [4.78, 5) is 17.7. The molecular formula is C16H23ClN2O2S. The molecule has 1 amide bonds. The molecule has 0 bridgehead atoms. The maximum absolute atomic E-state index is 12.7. The first-order chi connectivity index (χ1) is 10.7. The van der Waals surface area contributed by atoms with E-state index in [1.807, 2.05) is 10.3 Å². The number of rotatable bonds is 4. The summed E-state index contributed by atoms with van der Waals surface area (Å²) in [6.45, 7) is 4.95. The molecule has 22 heavy (non-hydrogen) atoms. The fourth-order valence-corrected chi connectivity index (χ4v) is 4.77. The number of piperidine rings is 1. The summed E-state index contributed by atoms with van der Waals surface area (Å²) in [5, 5.41) is 12.0. The van der Waals surface area contributed by atoms with Crippen LogP contribution in [0.25, 0.3) is 0 Å². The van der Waals surface area contributed by atoms with Gasteiger partial charge in [-0.3, -0.25) is 4.79 Å². The summed E-state index contributed by atoms with van der Waals surface area (Å²) in [6.07, 6.45) is 3.57. The van der Waals surface area contributed by atoms with Crippen molar-refractivity contribution in [3.05, 3.63) is 21.3 Å². The zero-order valence-corrected chi connectivity index (χ0v) is 14.3. The minimum atomic E-state index is 0.0181. The highest BCUT2D eigenvalue weighted by atomic mass is 35.5. The van der Waals surface area contributed by atoms with Gasteiger partial charge >= 0.3 is 0 Å². The lowest BCUT2D eigenvalue weighted by Gasteiger charge is -2.38. The molecule has 2 aliphatic heterocycles. The molecule has 6 heteroatoms. The van der Waals surface area contributed by atoms with Crippen LogP contribution in [0.1, 0.15) is 28.9 Å². The van der Waals surface area contributed by atoms with Gasteiger partial charge in [-0.2, -0.15) is 0 Å². The van der Waals surface area contributed by atoms with Crippen molar-refractivity contribution in [2.45, 2.75) is 19.3 Å². The van der Waals surface area contributed by atoms with Crippen molar-refractivity contribution in [2.24, 2.45) is 11.8 Å². The zero-order chi connectivity index (χ0) is 15.5. The van der Waals surface area contributed by atoms with Crippen molar-refractivity contribution in [3.8, 4) is 0 Å². The molecule has 0 aromatic carbocycles. The van der Waals surface area contributed by atoms with E-state index in [-0.39, 0.29) is 18.4 Å². The van der Waals surface area contributed by atoms with Gasteiger partial charge in [0, 0.05) is 26.2 Å². The Bertz CT molecular complexity index is 516. The summed E-state index contributed by atoms with van der Waals surface area (Å²) in [6, 6.07) is 1.77. The molecule has 122 valence electrons. The number of hydrogen-bond donors (Lipinski definition) is 1. The molecule has 0 aliphatic carbocycles. The van der Waals surface area contributed by atoms with Crippen molar-refractivity contribution in [3.63, 3.8) is 0 Å². The largest absolute Gasteiger partial charge is 0.396 e. The highest BCUT2D eigenvalue weighted by molar-refractivity contribution is 7.12. The lowest BCUT2D eigenvalue weighted by atomic mass is 9.89. The number of hydrogen-bond acceptors (Lipinski definition) is 4. The molecule has 2 atom stereocenters. The highest BCUT2D eigenvalue weighted by Gasteiger charge is 2.32. The first kappa shape index (κ1) is 16.2. The molecule has 1 aromatic rings. The second-order valence-corrected chi connectivity index (χ2v) is 7.79. The van der Waals surface area contributed by atoms with Crippen LogP contribution in [0.4, 0.5) is 0 Å². The predicted molar refractivity (Wildman–Crippen MR) is 89.6 cm³/mol. The Labute approximate surface area is 140 Å². The van der Waals surface area contributed by atoms with Crippen molar-refractivity contribution >= 4 is 28.8 Å². The normalized spacial score (nSPS) is 26.5. The van der Waals surface area contributed by atoms with E-state index in [2.05, 4.69) is 4.90 Å². The van der Waals surface area contributed by atoms with Gasteiger partial charge in [0.15, 0.2) is 0 Å². The highest BCUT2D eigenvalue weighted by Crippen LogP contribution is 2.29. The van der Waals surface area contributed by atoms with E-state index in [0.29, 0.717) is 22.4 Å². The van der Waals surface area contributed by atoms with Crippen LogP contribution in [0, 0.1) is 11.8 Å². The van der Waals surface area contributed by atoms with Crippen LogP contribution < -0.4 is 0 Å². The molecular weight excluding hydrogens is 320 g/mol. The SMILES string of the molecule is O=C(c1sccc1Cl)N1C[C@@H](CN2CCCC2)C[C@H](CO)C1. The van der Waals surface area contributed by atoms with Crippen LogP contribution in [-0.2, 0) is 0 Å². The number of aliphatic hydroxyl groups excluding tert-OH is 1. The Kier molecular flexibility index (Phi) is 5.39. The third-order valence-electron chi connectivity index (χ3n) is 4.70. The molecule has 0 saturated carbocycles. The van der Waals surface area contributed by atoms with Gasteiger partial charge in [0.25, 0.3) is 5.91 Å². The first-order valence-corrected chi connectivity index (χ1v) is 9.28. The molecule has 0 radical (unpaired) electrons. The lowest BCUT2D eigenvalue weighted by Crippen LogP contribution is -2.47. The number of aliphatic hydroxyl groups is 1. The monoisotopic (exact) mass is 342 g/mol. The van der Waals surface area contributed by atoms with E-state index in [0.717, 1.165) is 19.5 Å². The fraction of sp³-hybridized carbons (Fsp3) is 0.688. The number of halogens is 1. The zero-order valence-electron chi connectivity index (χ0n) is 12.7. The van der Waals surface area contributed by atoms with Crippen LogP contribution in [0.15, 0.2) is 11.4 Å². The second kappa shape index (κ2) is 7.30. The summed E-state index contributed by atoms with van der Waals surface area (Å²) in [5.41, 5.74) is 0. The summed E-state index contributed by atoms with van der Waals surface area (Å²) in [5.74, 6) is 0.653. The van der Waals surface area contributed by atoms with E-state index in [4.69, 9.17) is 11.6 Å². The standard InChI is InChI=1S/C16H23ClN2O2S/c17-14-3-6-22-15(14)16(21)19-9-12(7-13(10-19)11-20)8-18-4-1-2-5-18/h3,6,12-13,20H,1-2,4-5,7-11H2/t12-,13+/m1/s1. The summed E-state index contributed by atoms with van der Waals surface area (Å²) in [7, 11) is 0. The van der Waals surface area contributed by atoms with Gasteiger partial charge in [0.1, 0.15) is 4.88 Å². The smallest absolute Gasteiger partial charge is 0.265 e. The Morgan fingerprint density at radius 1 is 1.32 bits per heavy atom. The van der Waals surface area contributed by atoms with Gasteiger partial charge in [-0.25, -0.2) is 0 Å². The number of thiophene rings is 1. The van der Waals surface area contributed by atoms with E-state index >= 15 is 0 Å². The Hall–Kier alpha value is -0.620. The minimum absolute atomic E-state index is 0.0181. The molecule has 1 aromatic heterocycles. The summed E-state index contributed by atoms with van der Waals surface area (Å²) >= 11 is 7.50. The van der Waals surface area contributed by atoms with Crippen LogP contribution in [0.3, 0.4) is 0 Å². The van der Waals surface area contributed by atoms with E-state index in [1.54, 1.807) is 6.07 Å². The maximum Gasteiger partial charge on any atom is 0.265 e. The maximum atomic E-state index is 12.7. The molecule has 2 aliphatic rings. The van der Waals surface area contributed by atoms with Gasteiger partial charge < -0.3 is 14.9 Å². The third-order valence-corrected chi connectivity index (χ3v) is 6.03. The van der Waals surface area contributed by atoms with Crippen molar-refractivity contribution in [2.75, 3.05) is 39.3 Å². The van der Waals surface area contributed by atoms with Gasteiger partial charge in [-0.1, -0.05) is 11.6 Å². The molecule has 2 saturated heterocycles. The molecule has 1 N–H and O–H groups in total. The lowest BCUT2D eigenvalue weighted by molar-refractivity contribution is 0.0470. The van der Waals surface area contributed by atoms with E-state index < -0.39 is 0 Å². The quantitative estimate of drug-likeness (QED) is 0.914. The molecule has 0 spiro atoms. The number of likely N-dealkylation sites (tertiary alicyclic amines) is 2. The van der Waals surface area contributed by atoms with Crippen LogP contribution in [0.5, 0.6) is 0 Å². The fourth-order valence-electron chi connectivity index (χ4n) is 3.67. The van der Waals surface area contributed by atoms with Crippen molar-refractivity contribution in [1.82, 2.24) is 9.80 Å². The molecule has 2 fully saturated rings. The molecule has 3 rings (SSSR count). The van der Waals surface area contributed by atoms with Crippen molar-refractivity contribution < 1.29 is 9.90 Å². The Morgan fingerprint density at radius 2 is 2.05 bits per heavy atom. The van der Waals surface area contributed by atoms with Gasteiger partial charge in [0.2, 0.25) is 0 Å². The average Bonchev–Trinajstić information content (AvgIpc) is 3.17.